The topological polar surface area (TPSA) is 130 Å². The Balaban J connectivity index is 0.00000368. The summed E-state index contributed by atoms with van der Waals surface area (Å²) in [6.07, 6.45) is 8.18. The first-order valence-electron chi connectivity index (χ1n) is 13.9. The highest BCUT2D eigenvalue weighted by Gasteiger charge is 2.33. The van der Waals surface area contributed by atoms with E-state index in [0.29, 0.717) is 35.1 Å². The number of rotatable bonds is 7. The van der Waals surface area contributed by atoms with E-state index in [0.717, 1.165) is 56.0 Å². The highest BCUT2D eigenvalue weighted by atomic mass is 35.5. The van der Waals surface area contributed by atoms with Crippen molar-refractivity contribution in [2.45, 2.75) is 31.4 Å². The molecule has 1 amide bonds. The Labute approximate surface area is 261 Å². The van der Waals surface area contributed by atoms with Crippen LogP contribution in [0.1, 0.15) is 35.8 Å². The second-order valence-corrected chi connectivity index (χ2v) is 11.2. The Bertz CT molecular complexity index is 1630. The van der Waals surface area contributed by atoms with Crippen LogP contribution in [0, 0.1) is 11.3 Å². The quantitative estimate of drug-likeness (QED) is 0.318. The molecule has 224 valence electrons. The van der Waals surface area contributed by atoms with Gasteiger partial charge in [0.1, 0.15) is 36.0 Å². The number of carbonyl (C=O) groups is 1. The standard InChI is InChI=1S/C30H31ClN8O3.H2S/c1-30(37-29(40)27-25(31)3-2-8-34-27)6-10-38(11-7-30)26-5-4-20(15-35-26)24-13-22(42-19-23-17-33-9-12-41-23)18-39-28(24)21(14-32)16-36-39;/h2-5,8,13,15-16,18,23,33H,6-7,9-12,17,19H2,1H3,(H,37,40);1H2/t23-;/m0./s1. The van der Waals surface area contributed by atoms with E-state index in [1.54, 1.807) is 35.2 Å². The van der Waals surface area contributed by atoms with Crippen molar-refractivity contribution >= 4 is 42.3 Å². The summed E-state index contributed by atoms with van der Waals surface area (Å²) < 4.78 is 13.5. The first kappa shape index (κ1) is 30.6. The van der Waals surface area contributed by atoms with Crippen molar-refractivity contribution in [3.05, 3.63) is 71.4 Å². The van der Waals surface area contributed by atoms with Crippen LogP contribution in [0.4, 0.5) is 5.82 Å². The van der Waals surface area contributed by atoms with Crippen LogP contribution in [0.3, 0.4) is 0 Å². The summed E-state index contributed by atoms with van der Waals surface area (Å²) >= 11 is 6.17. The van der Waals surface area contributed by atoms with Gasteiger partial charge in [-0.2, -0.15) is 23.9 Å². The molecule has 4 aromatic heterocycles. The van der Waals surface area contributed by atoms with Crippen LogP contribution in [0.2, 0.25) is 5.02 Å². The van der Waals surface area contributed by atoms with Gasteiger partial charge in [-0.3, -0.25) is 4.79 Å². The lowest BCUT2D eigenvalue weighted by molar-refractivity contribution is 0.000107. The van der Waals surface area contributed by atoms with Gasteiger partial charge in [-0.15, -0.1) is 0 Å². The van der Waals surface area contributed by atoms with Gasteiger partial charge in [0, 0.05) is 55.2 Å². The van der Waals surface area contributed by atoms with Gasteiger partial charge in [-0.25, -0.2) is 14.5 Å². The van der Waals surface area contributed by atoms with Crippen molar-refractivity contribution < 1.29 is 14.3 Å². The van der Waals surface area contributed by atoms with Gasteiger partial charge in [0.05, 0.1) is 35.1 Å². The van der Waals surface area contributed by atoms with E-state index in [1.165, 1.54) is 0 Å². The molecule has 0 aliphatic carbocycles. The number of pyridine rings is 3. The molecule has 2 aliphatic heterocycles. The maximum atomic E-state index is 12.8. The molecule has 2 N–H and O–H groups in total. The fourth-order valence-corrected chi connectivity index (χ4v) is 5.57. The molecule has 0 radical (unpaired) electrons. The minimum absolute atomic E-state index is 0. The minimum Gasteiger partial charge on any atom is -0.489 e. The normalized spacial score (nSPS) is 18.0. The SMILES string of the molecule is CC1(NC(=O)c2ncccc2Cl)CCN(c2ccc(-c3cc(OC[C@@H]4CNCCO4)cn4ncc(C#N)c34)cn2)CC1.S. The van der Waals surface area contributed by atoms with Crippen LogP contribution in [0.25, 0.3) is 16.6 Å². The summed E-state index contributed by atoms with van der Waals surface area (Å²) in [6, 6.07) is 11.5. The number of fused-ring (bicyclic) bond motifs is 1. The third-order valence-corrected chi connectivity index (χ3v) is 8.09. The van der Waals surface area contributed by atoms with Crippen LogP contribution in [-0.2, 0) is 4.74 Å². The number of ether oxygens (including phenoxy) is 2. The molecule has 43 heavy (non-hydrogen) atoms. The average Bonchev–Trinajstić information content (AvgIpc) is 3.44. The number of halogens is 1. The van der Waals surface area contributed by atoms with Crippen molar-refractivity contribution in [1.29, 1.82) is 5.26 Å². The molecule has 0 bridgehead atoms. The third kappa shape index (κ3) is 6.70. The van der Waals surface area contributed by atoms with Crippen molar-refractivity contribution in [1.82, 2.24) is 30.2 Å². The molecule has 2 fully saturated rings. The van der Waals surface area contributed by atoms with Crippen LogP contribution in [-0.4, -0.2) is 76.5 Å². The van der Waals surface area contributed by atoms with E-state index < -0.39 is 0 Å². The predicted molar refractivity (Wildman–Crippen MR) is 168 cm³/mol. The lowest BCUT2D eigenvalue weighted by atomic mass is 9.89. The molecule has 0 saturated carbocycles. The van der Waals surface area contributed by atoms with Gasteiger partial charge in [0.25, 0.3) is 5.91 Å². The number of hydrogen-bond donors (Lipinski definition) is 2. The van der Waals surface area contributed by atoms with Gasteiger partial charge < -0.3 is 25.0 Å². The van der Waals surface area contributed by atoms with Gasteiger partial charge >= 0.3 is 0 Å². The number of nitriles is 1. The fourth-order valence-electron chi connectivity index (χ4n) is 5.37. The second-order valence-electron chi connectivity index (χ2n) is 10.8. The summed E-state index contributed by atoms with van der Waals surface area (Å²) in [4.78, 5) is 23.9. The van der Waals surface area contributed by atoms with E-state index in [2.05, 4.69) is 31.7 Å². The van der Waals surface area contributed by atoms with Gasteiger partial charge in [0.2, 0.25) is 0 Å². The van der Waals surface area contributed by atoms with E-state index >= 15 is 0 Å². The van der Waals surface area contributed by atoms with Crippen molar-refractivity contribution in [3.8, 4) is 22.9 Å². The Kier molecular flexibility index (Phi) is 9.37. The predicted octanol–water partition coefficient (Wildman–Crippen LogP) is 3.59. The number of aromatic nitrogens is 4. The lowest BCUT2D eigenvalue weighted by Crippen LogP contribution is -2.53. The molecule has 4 aromatic rings. The Hall–Kier alpha value is -3.89. The lowest BCUT2D eigenvalue weighted by Gasteiger charge is -2.40. The van der Waals surface area contributed by atoms with Crippen molar-refractivity contribution in [3.63, 3.8) is 0 Å². The molecule has 1 atom stereocenters. The molecule has 13 heteroatoms. The smallest absolute Gasteiger partial charge is 0.271 e. The molecule has 0 aromatic carbocycles. The molecule has 2 saturated heterocycles. The maximum absolute atomic E-state index is 12.8. The zero-order valence-corrected chi connectivity index (χ0v) is 25.5. The van der Waals surface area contributed by atoms with E-state index in [-0.39, 0.29) is 36.7 Å². The number of nitrogens with zero attached hydrogens (tertiary/aromatic N) is 6. The average molecular weight is 621 g/mol. The number of carbonyl (C=O) groups excluding carboxylic acids is 1. The zero-order chi connectivity index (χ0) is 29.1. The van der Waals surface area contributed by atoms with E-state index in [9.17, 15) is 10.1 Å². The van der Waals surface area contributed by atoms with Crippen LogP contribution in [0.15, 0.2) is 55.1 Å². The second kappa shape index (κ2) is 13.2. The van der Waals surface area contributed by atoms with E-state index in [1.807, 2.05) is 31.3 Å². The summed E-state index contributed by atoms with van der Waals surface area (Å²) in [7, 11) is 0. The van der Waals surface area contributed by atoms with Gasteiger partial charge in [-0.1, -0.05) is 11.6 Å². The molecule has 6 heterocycles. The molecular formula is C30H33ClN8O3S. The summed E-state index contributed by atoms with van der Waals surface area (Å²) in [5, 5.41) is 20.9. The minimum atomic E-state index is -0.380. The Morgan fingerprint density at radius 2 is 2.12 bits per heavy atom. The number of piperidine rings is 1. The molecular weight excluding hydrogens is 588 g/mol. The van der Waals surface area contributed by atoms with Crippen LogP contribution < -0.4 is 20.3 Å². The number of nitrogens with one attached hydrogen (secondary N) is 2. The highest BCUT2D eigenvalue weighted by Crippen LogP contribution is 2.32. The van der Waals surface area contributed by atoms with E-state index in [4.69, 9.17) is 26.1 Å². The van der Waals surface area contributed by atoms with Crippen LogP contribution >= 0.6 is 25.1 Å². The summed E-state index contributed by atoms with van der Waals surface area (Å²) in [6.45, 7) is 6.15. The number of hydrogen-bond acceptors (Lipinski definition) is 9. The number of morpholine rings is 1. The Morgan fingerprint density at radius 3 is 2.81 bits per heavy atom. The first-order valence-corrected chi connectivity index (χ1v) is 14.3. The molecule has 0 unspecified atom stereocenters. The summed E-state index contributed by atoms with van der Waals surface area (Å²) in [5.74, 6) is 1.21. The molecule has 2 aliphatic rings. The fraction of sp³-hybridized carbons (Fsp3) is 0.367. The highest BCUT2D eigenvalue weighted by molar-refractivity contribution is 7.59. The molecule has 6 rings (SSSR count). The number of anilines is 1. The molecule has 11 nitrogen and oxygen atoms in total. The van der Waals surface area contributed by atoms with Gasteiger partial charge in [-0.05, 0) is 50.1 Å². The third-order valence-electron chi connectivity index (χ3n) is 7.79. The monoisotopic (exact) mass is 620 g/mol. The summed E-state index contributed by atoms with van der Waals surface area (Å²) in [5.41, 5.74) is 2.70. The maximum Gasteiger partial charge on any atom is 0.271 e. The van der Waals surface area contributed by atoms with Gasteiger partial charge in [0.15, 0.2) is 0 Å². The number of amides is 1. The van der Waals surface area contributed by atoms with Crippen molar-refractivity contribution in [2.24, 2.45) is 0 Å². The zero-order valence-electron chi connectivity index (χ0n) is 23.7. The largest absolute Gasteiger partial charge is 0.489 e. The Morgan fingerprint density at radius 1 is 1.28 bits per heavy atom. The van der Waals surface area contributed by atoms with Crippen LogP contribution in [0.5, 0.6) is 5.75 Å². The molecule has 0 spiro atoms. The van der Waals surface area contributed by atoms with Crippen molar-refractivity contribution in [2.75, 3.05) is 44.3 Å². The first-order chi connectivity index (χ1) is 20.4.